The Kier molecular flexibility index (Phi) is 9.50. The summed E-state index contributed by atoms with van der Waals surface area (Å²) in [5, 5.41) is 33.0. The number of hydrogen-bond acceptors (Lipinski definition) is 11. The number of ether oxygens (including phenoxy) is 2. The zero-order valence-electron chi connectivity index (χ0n) is 17.5. The molecule has 0 heterocycles. The van der Waals surface area contributed by atoms with E-state index >= 15 is 0 Å². The quantitative estimate of drug-likeness (QED) is 0.201. The summed E-state index contributed by atoms with van der Waals surface area (Å²) in [4.78, 5) is 46.2. The molecule has 0 N–H and O–H groups in total. The number of aliphatic carboxylic acids is 3. The Balaban J connectivity index is 2.08. The predicted molar refractivity (Wildman–Crippen MR) is 109 cm³/mol. The number of anilines is 2. The zero-order chi connectivity index (χ0) is 24.2. The van der Waals surface area contributed by atoms with Crippen molar-refractivity contribution in [3.8, 4) is 11.5 Å². The van der Waals surface area contributed by atoms with Crippen LogP contribution in [0.2, 0.25) is 0 Å². The first-order valence-electron chi connectivity index (χ1n) is 9.78. The number of carbonyl (C=O) groups is 4. The van der Waals surface area contributed by atoms with Crippen LogP contribution >= 0.6 is 0 Å². The standard InChI is InChI=1S/C22H24N2O9/c25-10-9-23(13-20(26)27)16-5-1-3-7-18(16)32-11-12-33-19-8-4-2-6-17(19)24(14-21(28)29)15-22(30)31/h1-8,10H,9,11-15H2,(H,26,27)(H,28,29)(H,30,31)/p-3. The summed E-state index contributed by atoms with van der Waals surface area (Å²) in [5.74, 6) is -3.77. The second kappa shape index (κ2) is 12.5. The number of benzene rings is 2. The van der Waals surface area contributed by atoms with Crippen molar-refractivity contribution in [2.24, 2.45) is 0 Å². The molecule has 0 unspecified atom stereocenters. The summed E-state index contributed by atoms with van der Waals surface area (Å²) in [5.41, 5.74) is 0.598. The molecule has 0 radical (unpaired) electrons. The summed E-state index contributed by atoms with van der Waals surface area (Å²) >= 11 is 0. The van der Waals surface area contributed by atoms with Crippen molar-refractivity contribution in [2.45, 2.75) is 0 Å². The van der Waals surface area contributed by atoms with Gasteiger partial charge in [-0.25, -0.2) is 0 Å². The minimum atomic E-state index is -1.47. The van der Waals surface area contributed by atoms with Crippen molar-refractivity contribution in [3.05, 3.63) is 48.5 Å². The summed E-state index contributed by atoms with van der Waals surface area (Å²) in [6, 6.07) is 12.8. The summed E-state index contributed by atoms with van der Waals surface area (Å²) in [6.45, 7) is -2.04. The Bertz CT molecular complexity index is 964. The monoisotopic (exact) mass is 457 g/mol. The molecule has 176 valence electrons. The first-order valence-corrected chi connectivity index (χ1v) is 9.78. The van der Waals surface area contributed by atoms with E-state index in [9.17, 15) is 34.5 Å². The van der Waals surface area contributed by atoms with Crippen LogP contribution in [0.1, 0.15) is 0 Å². The lowest BCUT2D eigenvalue weighted by atomic mass is 10.2. The van der Waals surface area contributed by atoms with Gasteiger partial charge < -0.3 is 53.8 Å². The molecule has 0 fully saturated rings. The number of carboxylic acids is 3. The van der Waals surface area contributed by atoms with Crippen LogP contribution in [0, 0.1) is 0 Å². The molecule has 0 saturated heterocycles. The fourth-order valence-corrected chi connectivity index (χ4v) is 3.02. The minimum absolute atomic E-state index is 0.00652. The minimum Gasteiger partial charge on any atom is -0.548 e. The van der Waals surface area contributed by atoms with E-state index in [1.807, 2.05) is 0 Å². The van der Waals surface area contributed by atoms with Gasteiger partial charge in [0.1, 0.15) is 31.0 Å². The van der Waals surface area contributed by atoms with Crippen molar-refractivity contribution in [1.29, 1.82) is 0 Å². The molecule has 0 atom stereocenters. The van der Waals surface area contributed by atoms with E-state index in [4.69, 9.17) is 9.47 Å². The number of para-hydroxylation sites is 4. The molecule has 0 aliphatic heterocycles. The number of rotatable bonds is 15. The van der Waals surface area contributed by atoms with Gasteiger partial charge in [0, 0.05) is 0 Å². The molecule has 33 heavy (non-hydrogen) atoms. The summed E-state index contributed by atoms with van der Waals surface area (Å²) in [7, 11) is 0. The van der Waals surface area contributed by atoms with Crippen molar-refractivity contribution in [3.63, 3.8) is 0 Å². The maximum atomic E-state index is 11.0. The Morgan fingerprint density at radius 1 is 0.697 bits per heavy atom. The van der Waals surface area contributed by atoms with Crippen LogP contribution in [-0.4, -0.2) is 63.6 Å². The summed E-state index contributed by atoms with van der Waals surface area (Å²) in [6.07, 6.45) is 0.560. The van der Waals surface area contributed by atoms with Gasteiger partial charge in [0.15, 0.2) is 0 Å². The number of carbonyl (C=O) groups excluding carboxylic acids is 4. The smallest absolute Gasteiger partial charge is 0.142 e. The van der Waals surface area contributed by atoms with E-state index in [0.29, 0.717) is 17.7 Å². The molecule has 0 bridgehead atoms. The fraction of sp³-hybridized carbons (Fsp3) is 0.273. The molecule has 0 aliphatic rings. The molecule has 0 spiro atoms. The molecular weight excluding hydrogens is 436 g/mol. The number of aldehydes is 1. The van der Waals surface area contributed by atoms with Crippen molar-refractivity contribution >= 4 is 35.6 Å². The van der Waals surface area contributed by atoms with Crippen molar-refractivity contribution in [1.82, 2.24) is 0 Å². The van der Waals surface area contributed by atoms with Gasteiger partial charge >= 0.3 is 0 Å². The number of nitrogens with zero attached hydrogens (tertiary/aromatic N) is 2. The van der Waals surface area contributed by atoms with Crippen LogP contribution in [0.5, 0.6) is 11.5 Å². The third kappa shape index (κ3) is 8.05. The van der Waals surface area contributed by atoms with Gasteiger partial charge in [0.2, 0.25) is 0 Å². The normalized spacial score (nSPS) is 10.2. The lowest BCUT2D eigenvalue weighted by Crippen LogP contribution is -2.44. The van der Waals surface area contributed by atoms with Crippen LogP contribution in [0.3, 0.4) is 0 Å². The average molecular weight is 457 g/mol. The number of carboxylic acid groups (broad SMARTS) is 3. The zero-order valence-corrected chi connectivity index (χ0v) is 17.5. The fourth-order valence-electron chi connectivity index (χ4n) is 3.02. The maximum Gasteiger partial charge on any atom is 0.142 e. The van der Waals surface area contributed by atoms with E-state index in [-0.39, 0.29) is 31.2 Å². The Hall–Kier alpha value is -4.28. The van der Waals surface area contributed by atoms with E-state index in [0.717, 1.165) is 4.90 Å². The highest BCUT2D eigenvalue weighted by Crippen LogP contribution is 2.29. The third-order valence-electron chi connectivity index (χ3n) is 4.27. The van der Waals surface area contributed by atoms with Gasteiger partial charge in [0.25, 0.3) is 0 Å². The largest absolute Gasteiger partial charge is 0.548 e. The summed E-state index contributed by atoms with van der Waals surface area (Å²) < 4.78 is 11.3. The lowest BCUT2D eigenvalue weighted by molar-refractivity contribution is -0.306. The second-order valence-corrected chi connectivity index (χ2v) is 6.65. The second-order valence-electron chi connectivity index (χ2n) is 6.65. The highest BCUT2D eigenvalue weighted by Gasteiger charge is 2.14. The van der Waals surface area contributed by atoms with Gasteiger partial charge in [-0.15, -0.1) is 0 Å². The Morgan fingerprint density at radius 2 is 1.09 bits per heavy atom. The third-order valence-corrected chi connectivity index (χ3v) is 4.27. The van der Waals surface area contributed by atoms with Crippen LogP contribution in [-0.2, 0) is 19.2 Å². The molecule has 11 heteroatoms. The molecule has 11 nitrogen and oxygen atoms in total. The molecule has 2 aromatic rings. The Morgan fingerprint density at radius 3 is 1.52 bits per heavy atom. The first-order chi connectivity index (χ1) is 15.8. The molecule has 2 rings (SSSR count). The van der Waals surface area contributed by atoms with Gasteiger partial charge in [-0.1, -0.05) is 24.3 Å². The molecule has 0 aromatic heterocycles. The highest BCUT2D eigenvalue weighted by molar-refractivity contribution is 5.79. The van der Waals surface area contributed by atoms with Crippen LogP contribution < -0.4 is 34.6 Å². The SMILES string of the molecule is O=CCN(CC(=O)[O-])c1ccccc1OCCOc1ccccc1N(CC(=O)[O-])CC(=O)[O-]. The topological polar surface area (TPSA) is 162 Å². The first kappa shape index (κ1) is 25.0. The van der Waals surface area contributed by atoms with E-state index in [1.54, 1.807) is 36.4 Å². The Labute approximate surface area is 189 Å². The highest BCUT2D eigenvalue weighted by atomic mass is 16.5. The van der Waals surface area contributed by atoms with Gasteiger partial charge in [0.05, 0.1) is 55.5 Å². The molecular formula is C22H21N2O9-3. The maximum absolute atomic E-state index is 11.0. The van der Waals surface area contributed by atoms with Crippen LogP contribution in [0.15, 0.2) is 48.5 Å². The van der Waals surface area contributed by atoms with Gasteiger partial charge in [-0.3, -0.25) is 0 Å². The van der Waals surface area contributed by atoms with Crippen LogP contribution in [0.25, 0.3) is 0 Å². The molecule has 0 aliphatic carbocycles. The number of hydrogen-bond donors (Lipinski definition) is 0. The van der Waals surface area contributed by atoms with Crippen molar-refractivity contribution in [2.75, 3.05) is 49.2 Å². The molecule has 0 amide bonds. The predicted octanol–water partition coefficient (Wildman–Crippen LogP) is -2.79. The average Bonchev–Trinajstić information content (AvgIpc) is 2.75. The van der Waals surface area contributed by atoms with Gasteiger partial charge in [-0.2, -0.15) is 0 Å². The van der Waals surface area contributed by atoms with E-state index in [2.05, 4.69) is 0 Å². The van der Waals surface area contributed by atoms with Crippen molar-refractivity contribution < 1.29 is 44.0 Å². The van der Waals surface area contributed by atoms with Gasteiger partial charge in [-0.05, 0) is 24.3 Å². The molecule has 2 aromatic carbocycles. The van der Waals surface area contributed by atoms with Crippen LogP contribution in [0.4, 0.5) is 11.4 Å². The van der Waals surface area contributed by atoms with E-state index in [1.165, 1.54) is 17.0 Å². The lowest BCUT2D eigenvalue weighted by Gasteiger charge is -2.27. The molecule has 0 saturated carbocycles. The van der Waals surface area contributed by atoms with E-state index < -0.39 is 37.5 Å².